The molecule has 0 bridgehead atoms. The van der Waals surface area contributed by atoms with Gasteiger partial charge >= 0.3 is 5.97 Å². The molecular weight excluding hydrogens is 422 g/mol. The van der Waals surface area contributed by atoms with Crippen LogP contribution in [0.25, 0.3) is 37.8 Å². The summed E-state index contributed by atoms with van der Waals surface area (Å²) in [5.74, 6) is -0.448. The van der Waals surface area contributed by atoms with Crippen LogP contribution in [0.15, 0.2) is 40.5 Å². The van der Waals surface area contributed by atoms with Gasteiger partial charge in [-0.2, -0.15) is 10.1 Å². The van der Waals surface area contributed by atoms with Crippen LogP contribution < -0.4 is 5.56 Å². The van der Waals surface area contributed by atoms with Gasteiger partial charge in [-0.05, 0) is 19.4 Å². The smallest absolute Gasteiger partial charge is 0.348 e. The highest BCUT2D eigenvalue weighted by atomic mass is 32.1. The molecule has 0 saturated carbocycles. The Kier molecular flexibility index (Phi) is 4.44. The van der Waals surface area contributed by atoms with Crippen molar-refractivity contribution < 1.29 is 9.53 Å². The highest BCUT2D eigenvalue weighted by Gasteiger charge is 2.23. The van der Waals surface area contributed by atoms with E-state index in [1.807, 2.05) is 35.7 Å². The molecule has 5 rings (SSSR count). The largest absolute Gasteiger partial charge is 0.462 e. The van der Waals surface area contributed by atoms with Gasteiger partial charge in [-0.25, -0.2) is 19.5 Å². The van der Waals surface area contributed by atoms with E-state index in [9.17, 15) is 9.59 Å². The van der Waals surface area contributed by atoms with Gasteiger partial charge in [0.1, 0.15) is 14.7 Å². The Morgan fingerprint density at radius 3 is 2.80 bits per heavy atom. The van der Waals surface area contributed by atoms with E-state index < -0.39 is 11.5 Å². The van der Waals surface area contributed by atoms with E-state index in [0.717, 1.165) is 11.3 Å². The van der Waals surface area contributed by atoms with E-state index in [2.05, 4.69) is 20.3 Å². The molecule has 0 saturated heterocycles. The number of hydrogen-bond donors (Lipinski definition) is 1. The van der Waals surface area contributed by atoms with Gasteiger partial charge in [0.05, 0.1) is 17.7 Å². The third kappa shape index (κ3) is 2.84. The number of fused-ring (bicyclic) bond motifs is 3. The van der Waals surface area contributed by atoms with E-state index in [1.54, 1.807) is 18.4 Å². The zero-order valence-corrected chi connectivity index (χ0v) is 17.6. The fraction of sp³-hybridized carbons (Fsp3) is 0.150. The minimum atomic E-state index is -0.448. The standard InChI is InChI=1S/C20H15N5O3S2/c1-3-28-20(27)15-10(2)13-17(26)22-16-14(23-24-25(16)19(13)30-15)18-21-12(9-29-18)11-7-5-4-6-8-11/h4-9,24H,3H2,1-2H3. The Bertz CT molecular complexity index is 1460. The molecule has 0 fully saturated rings. The summed E-state index contributed by atoms with van der Waals surface area (Å²) >= 11 is 2.61. The van der Waals surface area contributed by atoms with Crippen LogP contribution in [0.4, 0.5) is 0 Å². The molecule has 0 atom stereocenters. The molecule has 1 N–H and O–H groups in total. The van der Waals surface area contributed by atoms with E-state index >= 15 is 0 Å². The Hall–Kier alpha value is -3.37. The number of esters is 1. The first-order valence-electron chi connectivity index (χ1n) is 9.17. The van der Waals surface area contributed by atoms with Crippen molar-refractivity contribution in [3.63, 3.8) is 0 Å². The van der Waals surface area contributed by atoms with Crippen molar-refractivity contribution in [3.05, 3.63) is 56.5 Å². The van der Waals surface area contributed by atoms with Crippen LogP contribution in [0.3, 0.4) is 0 Å². The fourth-order valence-electron chi connectivity index (χ4n) is 3.27. The van der Waals surface area contributed by atoms with Crippen LogP contribution in [0, 0.1) is 6.92 Å². The van der Waals surface area contributed by atoms with Gasteiger partial charge in [-0.1, -0.05) is 30.3 Å². The topological polar surface area (TPSA) is 102 Å². The maximum absolute atomic E-state index is 12.8. The molecule has 8 nitrogen and oxygen atoms in total. The molecule has 1 aromatic carbocycles. The maximum atomic E-state index is 12.8. The predicted octanol–water partition coefficient (Wildman–Crippen LogP) is 3.91. The maximum Gasteiger partial charge on any atom is 0.348 e. The zero-order valence-electron chi connectivity index (χ0n) is 16.0. The minimum Gasteiger partial charge on any atom is -0.462 e. The molecule has 150 valence electrons. The number of hydrogen-bond acceptors (Lipinski definition) is 8. The van der Waals surface area contributed by atoms with Crippen molar-refractivity contribution in [1.82, 2.24) is 24.8 Å². The van der Waals surface area contributed by atoms with Crippen LogP contribution in [0.1, 0.15) is 22.2 Å². The van der Waals surface area contributed by atoms with E-state index in [0.29, 0.717) is 37.0 Å². The fourth-order valence-corrected chi connectivity index (χ4v) is 5.23. The van der Waals surface area contributed by atoms with Crippen LogP contribution in [-0.2, 0) is 4.74 Å². The zero-order chi connectivity index (χ0) is 20.8. The van der Waals surface area contributed by atoms with Crippen molar-refractivity contribution >= 4 is 44.5 Å². The summed E-state index contributed by atoms with van der Waals surface area (Å²) < 4.78 is 6.74. The number of carbonyl (C=O) groups excluding carboxylic acids is 1. The third-order valence-corrected chi connectivity index (χ3v) is 6.78. The lowest BCUT2D eigenvalue weighted by atomic mass is 10.2. The van der Waals surface area contributed by atoms with Crippen molar-refractivity contribution in [2.24, 2.45) is 0 Å². The van der Waals surface area contributed by atoms with Gasteiger partial charge in [-0.3, -0.25) is 4.79 Å². The van der Waals surface area contributed by atoms with Crippen molar-refractivity contribution in [3.8, 4) is 22.0 Å². The summed E-state index contributed by atoms with van der Waals surface area (Å²) in [5.41, 5.74) is 2.86. The Balaban J connectivity index is 1.68. The van der Waals surface area contributed by atoms with E-state index in [1.165, 1.54) is 22.7 Å². The molecule has 4 heterocycles. The number of carbonyl (C=O) groups is 1. The Labute approximate surface area is 177 Å². The van der Waals surface area contributed by atoms with Gasteiger partial charge < -0.3 is 4.74 Å². The quantitative estimate of drug-likeness (QED) is 0.428. The van der Waals surface area contributed by atoms with Gasteiger partial charge in [0.2, 0.25) is 0 Å². The lowest BCUT2D eigenvalue weighted by Crippen LogP contribution is -2.10. The van der Waals surface area contributed by atoms with Crippen LogP contribution in [-0.4, -0.2) is 37.4 Å². The number of nitrogens with zero attached hydrogens (tertiary/aromatic N) is 4. The molecule has 0 aliphatic rings. The number of aromatic nitrogens is 5. The van der Waals surface area contributed by atoms with Gasteiger partial charge in [0, 0.05) is 10.9 Å². The number of thiazole rings is 1. The number of benzene rings is 1. The molecule has 30 heavy (non-hydrogen) atoms. The average Bonchev–Trinajstić information content (AvgIpc) is 3.46. The lowest BCUT2D eigenvalue weighted by Gasteiger charge is -1.98. The summed E-state index contributed by atoms with van der Waals surface area (Å²) in [7, 11) is 0. The number of rotatable bonds is 4. The molecule has 4 aromatic heterocycles. The summed E-state index contributed by atoms with van der Waals surface area (Å²) in [6, 6.07) is 9.83. The number of aromatic amines is 1. The third-order valence-electron chi connectivity index (χ3n) is 4.68. The van der Waals surface area contributed by atoms with Gasteiger partial charge in [-0.15, -0.1) is 22.7 Å². The van der Waals surface area contributed by atoms with Crippen molar-refractivity contribution in [2.75, 3.05) is 6.61 Å². The van der Waals surface area contributed by atoms with E-state index in [-0.39, 0.29) is 6.61 Å². The van der Waals surface area contributed by atoms with Crippen LogP contribution in [0.5, 0.6) is 0 Å². The van der Waals surface area contributed by atoms with Crippen LogP contribution in [0.2, 0.25) is 0 Å². The van der Waals surface area contributed by atoms with Gasteiger partial charge in [0.25, 0.3) is 5.56 Å². The molecule has 5 aromatic rings. The monoisotopic (exact) mass is 437 g/mol. The number of ether oxygens (including phenoxy) is 1. The second-order valence-corrected chi connectivity index (χ2v) is 8.35. The Morgan fingerprint density at radius 1 is 1.23 bits per heavy atom. The van der Waals surface area contributed by atoms with Crippen molar-refractivity contribution in [1.29, 1.82) is 0 Å². The summed E-state index contributed by atoms with van der Waals surface area (Å²) in [6.07, 6.45) is 0. The number of H-pyrrole nitrogens is 1. The van der Waals surface area contributed by atoms with Crippen LogP contribution >= 0.6 is 22.7 Å². The second-order valence-electron chi connectivity index (χ2n) is 6.50. The normalized spacial score (nSPS) is 11.4. The number of nitrogens with one attached hydrogen (secondary N) is 1. The summed E-state index contributed by atoms with van der Waals surface area (Å²) in [6.45, 7) is 3.73. The van der Waals surface area contributed by atoms with Gasteiger partial charge in [0.15, 0.2) is 11.3 Å². The summed E-state index contributed by atoms with van der Waals surface area (Å²) in [5, 5.41) is 10.3. The molecular formula is C20H15N5O3S2. The molecule has 0 amide bonds. The molecule has 0 spiro atoms. The molecule has 0 unspecified atom stereocenters. The number of aryl methyl sites for hydroxylation is 1. The lowest BCUT2D eigenvalue weighted by molar-refractivity contribution is 0.0531. The minimum absolute atomic E-state index is 0.263. The molecule has 0 radical (unpaired) electrons. The first kappa shape index (κ1) is 18.6. The summed E-state index contributed by atoms with van der Waals surface area (Å²) in [4.78, 5) is 34.9. The first-order valence-corrected chi connectivity index (χ1v) is 10.9. The molecule has 0 aliphatic carbocycles. The first-order chi connectivity index (χ1) is 14.6. The van der Waals surface area contributed by atoms with Crippen molar-refractivity contribution in [2.45, 2.75) is 13.8 Å². The average molecular weight is 438 g/mol. The predicted molar refractivity (Wildman–Crippen MR) is 116 cm³/mol. The Morgan fingerprint density at radius 2 is 2.03 bits per heavy atom. The highest BCUT2D eigenvalue weighted by molar-refractivity contribution is 7.20. The molecule has 0 aliphatic heterocycles. The SMILES string of the molecule is CCOC(=O)c1sc2c(c1C)c(=O)nc1c(-c3nc(-c4ccccc4)cs3)n[nH]n12. The second kappa shape index (κ2) is 7.15. The number of thiophene rings is 1. The van der Waals surface area contributed by atoms with E-state index in [4.69, 9.17) is 4.74 Å². The highest BCUT2D eigenvalue weighted by Crippen LogP contribution is 2.33. The molecule has 10 heteroatoms.